The summed E-state index contributed by atoms with van der Waals surface area (Å²) < 4.78 is 5.31. The molecule has 1 atom stereocenters. The van der Waals surface area contributed by atoms with Crippen molar-refractivity contribution in [2.45, 2.75) is 38.1 Å². The van der Waals surface area contributed by atoms with Gasteiger partial charge < -0.3 is 15.0 Å². The van der Waals surface area contributed by atoms with Crippen molar-refractivity contribution in [2.75, 3.05) is 27.2 Å². The molecular weight excluding hydrogens is 276 g/mol. The first-order chi connectivity index (χ1) is 10.7. The maximum Gasteiger partial charge on any atom is 0.223 e. The number of rotatable bonds is 3. The van der Waals surface area contributed by atoms with Crippen LogP contribution in [-0.2, 0) is 11.2 Å². The molecule has 1 heterocycles. The monoisotopic (exact) mass is 302 g/mol. The smallest absolute Gasteiger partial charge is 0.223 e. The number of carbonyl (C=O) groups is 1. The van der Waals surface area contributed by atoms with E-state index in [1.807, 2.05) is 6.07 Å². The van der Waals surface area contributed by atoms with Crippen molar-refractivity contribution < 1.29 is 9.53 Å². The van der Waals surface area contributed by atoms with E-state index in [1.165, 1.54) is 11.1 Å². The Labute approximate surface area is 132 Å². The van der Waals surface area contributed by atoms with Crippen molar-refractivity contribution in [3.8, 4) is 5.75 Å². The molecule has 1 saturated heterocycles. The molecule has 4 heteroatoms. The zero-order chi connectivity index (χ0) is 15.5. The average molecular weight is 302 g/mol. The second-order valence-electron chi connectivity index (χ2n) is 6.60. The van der Waals surface area contributed by atoms with Crippen LogP contribution in [0.5, 0.6) is 5.75 Å². The third kappa shape index (κ3) is 3.27. The number of nitrogens with zero attached hydrogens (tertiary/aromatic N) is 1. The van der Waals surface area contributed by atoms with Gasteiger partial charge in [0.05, 0.1) is 13.2 Å². The molecule has 1 N–H and O–H groups in total. The largest absolute Gasteiger partial charge is 0.497 e. The first-order valence-corrected chi connectivity index (χ1v) is 8.33. The minimum absolute atomic E-state index is 0.168. The summed E-state index contributed by atoms with van der Waals surface area (Å²) in [7, 11) is 3.82. The number of aryl methyl sites for hydroxylation is 1. The highest BCUT2D eigenvalue weighted by atomic mass is 16.5. The van der Waals surface area contributed by atoms with Gasteiger partial charge in [-0.05, 0) is 75.5 Å². The summed E-state index contributed by atoms with van der Waals surface area (Å²) in [6, 6.07) is 6.40. The van der Waals surface area contributed by atoms with Gasteiger partial charge in [-0.15, -0.1) is 0 Å². The number of hydrogen-bond donors (Lipinski definition) is 1. The second kappa shape index (κ2) is 6.69. The Morgan fingerprint density at radius 3 is 2.77 bits per heavy atom. The van der Waals surface area contributed by atoms with Gasteiger partial charge in [-0.3, -0.25) is 4.79 Å². The first-order valence-electron chi connectivity index (χ1n) is 8.33. The van der Waals surface area contributed by atoms with Crippen LogP contribution in [0.25, 0.3) is 0 Å². The standard InChI is InChI=1S/C18H26N2O2/c1-20-10-8-13(9-11-20)18(21)19-17-5-3-4-14-12-15(22-2)6-7-16(14)17/h6-7,12-13,17H,3-5,8-11H2,1-2H3,(H,19,21)/t17-/m0/s1. The van der Waals surface area contributed by atoms with Crippen LogP contribution in [-0.4, -0.2) is 38.1 Å². The molecule has 0 spiro atoms. The minimum atomic E-state index is 0.168. The van der Waals surface area contributed by atoms with E-state index in [0.29, 0.717) is 0 Å². The molecule has 0 unspecified atom stereocenters. The molecule has 1 fully saturated rings. The van der Waals surface area contributed by atoms with E-state index < -0.39 is 0 Å². The Bertz CT molecular complexity index is 536. The van der Waals surface area contributed by atoms with Crippen LogP contribution in [0.2, 0.25) is 0 Å². The summed E-state index contributed by atoms with van der Waals surface area (Å²) in [5, 5.41) is 3.30. The highest BCUT2D eigenvalue weighted by Crippen LogP contribution is 2.32. The maximum atomic E-state index is 12.6. The zero-order valence-electron chi connectivity index (χ0n) is 13.6. The minimum Gasteiger partial charge on any atom is -0.497 e. The summed E-state index contributed by atoms with van der Waals surface area (Å²) in [5.41, 5.74) is 2.59. The normalized spacial score (nSPS) is 22.9. The van der Waals surface area contributed by atoms with Crippen LogP contribution in [0.4, 0.5) is 0 Å². The van der Waals surface area contributed by atoms with Crippen molar-refractivity contribution in [3.05, 3.63) is 29.3 Å². The van der Waals surface area contributed by atoms with Gasteiger partial charge in [0.2, 0.25) is 5.91 Å². The van der Waals surface area contributed by atoms with Gasteiger partial charge in [-0.25, -0.2) is 0 Å². The van der Waals surface area contributed by atoms with E-state index in [4.69, 9.17) is 4.74 Å². The van der Waals surface area contributed by atoms with Gasteiger partial charge >= 0.3 is 0 Å². The Hall–Kier alpha value is -1.55. The van der Waals surface area contributed by atoms with Crippen LogP contribution in [0.3, 0.4) is 0 Å². The second-order valence-corrected chi connectivity index (χ2v) is 6.60. The van der Waals surface area contributed by atoms with Gasteiger partial charge in [-0.1, -0.05) is 6.07 Å². The Balaban J connectivity index is 1.68. The molecule has 1 amide bonds. The lowest BCUT2D eigenvalue weighted by Gasteiger charge is -2.31. The Morgan fingerprint density at radius 2 is 2.05 bits per heavy atom. The van der Waals surface area contributed by atoms with Crippen LogP contribution in [0.15, 0.2) is 18.2 Å². The number of methoxy groups -OCH3 is 1. The number of piperidine rings is 1. The SMILES string of the molecule is COc1ccc2c(c1)CCC[C@@H]2NC(=O)C1CCN(C)CC1. The fourth-order valence-corrected chi connectivity index (χ4v) is 3.63. The molecule has 1 aliphatic carbocycles. The Kier molecular flexibility index (Phi) is 4.67. The number of fused-ring (bicyclic) bond motifs is 1. The lowest BCUT2D eigenvalue weighted by molar-refractivity contribution is -0.127. The zero-order valence-corrected chi connectivity index (χ0v) is 13.6. The van der Waals surface area contributed by atoms with E-state index in [1.54, 1.807) is 7.11 Å². The number of hydrogen-bond acceptors (Lipinski definition) is 3. The van der Waals surface area contributed by atoms with Crippen LogP contribution < -0.4 is 10.1 Å². The third-order valence-corrected chi connectivity index (χ3v) is 5.07. The molecule has 1 aromatic rings. The molecule has 4 nitrogen and oxygen atoms in total. The summed E-state index contributed by atoms with van der Waals surface area (Å²) >= 11 is 0. The van der Waals surface area contributed by atoms with E-state index >= 15 is 0 Å². The number of amides is 1. The van der Waals surface area contributed by atoms with Crippen LogP contribution in [0, 0.1) is 5.92 Å². The van der Waals surface area contributed by atoms with Crippen molar-refractivity contribution in [1.82, 2.24) is 10.2 Å². The van der Waals surface area contributed by atoms with Gasteiger partial charge in [0.15, 0.2) is 0 Å². The van der Waals surface area contributed by atoms with Crippen molar-refractivity contribution in [1.29, 1.82) is 0 Å². The topological polar surface area (TPSA) is 41.6 Å². The fourth-order valence-electron chi connectivity index (χ4n) is 3.63. The van der Waals surface area contributed by atoms with E-state index in [2.05, 4.69) is 29.4 Å². The molecule has 22 heavy (non-hydrogen) atoms. The number of nitrogens with one attached hydrogen (secondary N) is 1. The molecule has 0 aromatic heterocycles. The molecule has 0 radical (unpaired) electrons. The van der Waals surface area contributed by atoms with Crippen molar-refractivity contribution in [3.63, 3.8) is 0 Å². The highest BCUT2D eigenvalue weighted by molar-refractivity contribution is 5.79. The van der Waals surface area contributed by atoms with Crippen molar-refractivity contribution >= 4 is 5.91 Å². The lowest BCUT2D eigenvalue weighted by Crippen LogP contribution is -2.40. The molecule has 120 valence electrons. The predicted molar refractivity (Wildman–Crippen MR) is 87.0 cm³/mol. The first kappa shape index (κ1) is 15.3. The fraction of sp³-hybridized carbons (Fsp3) is 0.611. The molecule has 1 aromatic carbocycles. The molecule has 2 aliphatic rings. The molecule has 3 rings (SSSR count). The summed E-state index contributed by atoms with van der Waals surface area (Å²) in [6.45, 7) is 2.05. The van der Waals surface area contributed by atoms with Gasteiger partial charge in [0.1, 0.15) is 5.75 Å². The van der Waals surface area contributed by atoms with Crippen LogP contribution >= 0.6 is 0 Å². The number of carbonyl (C=O) groups excluding carboxylic acids is 1. The van der Waals surface area contributed by atoms with Crippen LogP contribution in [0.1, 0.15) is 42.9 Å². The average Bonchev–Trinajstić information content (AvgIpc) is 2.55. The number of benzene rings is 1. The predicted octanol–water partition coefficient (Wildman–Crippen LogP) is 2.53. The van der Waals surface area contributed by atoms with Crippen molar-refractivity contribution in [2.24, 2.45) is 5.92 Å². The Morgan fingerprint density at radius 1 is 1.27 bits per heavy atom. The number of likely N-dealkylation sites (tertiary alicyclic amines) is 1. The summed E-state index contributed by atoms with van der Waals surface area (Å²) in [5.74, 6) is 1.32. The third-order valence-electron chi connectivity index (χ3n) is 5.07. The molecule has 0 bridgehead atoms. The van der Waals surface area contributed by atoms with Gasteiger partial charge in [-0.2, -0.15) is 0 Å². The number of ether oxygens (including phenoxy) is 1. The van der Waals surface area contributed by atoms with Gasteiger partial charge in [0.25, 0.3) is 0 Å². The summed E-state index contributed by atoms with van der Waals surface area (Å²) in [4.78, 5) is 14.8. The van der Waals surface area contributed by atoms with E-state index in [9.17, 15) is 4.79 Å². The molecule has 1 aliphatic heterocycles. The molecular formula is C18H26N2O2. The van der Waals surface area contributed by atoms with Gasteiger partial charge in [0, 0.05) is 5.92 Å². The molecule has 0 saturated carbocycles. The van der Waals surface area contributed by atoms with E-state index in [0.717, 1.165) is 50.9 Å². The quantitative estimate of drug-likeness (QED) is 0.933. The lowest BCUT2D eigenvalue weighted by atomic mass is 9.86. The summed E-state index contributed by atoms with van der Waals surface area (Å²) in [6.07, 6.45) is 5.19. The van der Waals surface area contributed by atoms with E-state index in [-0.39, 0.29) is 17.9 Å². The maximum absolute atomic E-state index is 12.6. The highest BCUT2D eigenvalue weighted by Gasteiger charge is 2.27.